The van der Waals surface area contributed by atoms with Crippen LogP contribution in [0.5, 0.6) is 0 Å². The van der Waals surface area contributed by atoms with Gasteiger partial charge in [0.25, 0.3) is 0 Å². The van der Waals surface area contributed by atoms with Gasteiger partial charge in [-0.25, -0.2) is 0 Å². The van der Waals surface area contributed by atoms with Gasteiger partial charge in [0.1, 0.15) is 0 Å². The maximum Gasteiger partial charge on any atom is 0.0785 e. The number of rotatable bonds is 7. The molecule has 6 heteroatoms. The molecule has 2 saturated heterocycles. The third kappa shape index (κ3) is 3.96. The standard InChI is InChI=1S/C18H31ClN4O/c1-2-3-7-21-9-5-17-18(14-21,15-24)6-4-8-22(17)10-11-23-13-16(19)12-20-23/h12-13,17,24H,2-11,14-15H2,1H3/t17-,18-/m1/s1. The zero-order valence-electron chi connectivity index (χ0n) is 14.8. The summed E-state index contributed by atoms with van der Waals surface area (Å²) < 4.78 is 1.92. The van der Waals surface area contributed by atoms with Crippen molar-refractivity contribution in [2.24, 2.45) is 5.41 Å². The number of piperidine rings is 2. The summed E-state index contributed by atoms with van der Waals surface area (Å²) in [7, 11) is 0. The van der Waals surface area contributed by atoms with Crippen molar-refractivity contribution in [2.45, 2.75) is 51.6 Å². The summed E-state index contributed by atoms with van der Waals surface area (Å²) in [6.07, 6.45) is 9.59. The van der Waals surface area contributed by atoms with E-state index in [4.69, 9.17) is 11.6 Å². The normalized spacial score (nSPS) is 28.9. The smallest absolute Gasteiger partial charge is 0.0785 e. The van der Waals surface area contributed by atoms with Crippen LogP contribution in [0.3, 0.4) is 0 Å². The quantitative estimate of drug-likeness (QED) is 0.817. The van der Waals surface area contributed by atoms with Crippen LogP contribution in [0.4, 0.5) is 0 Å². The first-order chi connectivity index (χ1) is 11.7. The minimum absolute atomic E-state index is 0.0615. The van der Waals surface area contributed by atoms with Crippen LogP contribution in [0.15, 0.2) is 12.4 Å². The summed E-state index contributed by atoms with van der Waals surface area (Å²) in [6.45, 7) is 8.94. The molecule has 0 radical (unpaired) electrons. The number of nitrogens with zero attached hydrogens (tertiary/aromatic N) is 4. The lowest BCUT2D eigenvalue weighted by Crippen LogP contribution is -2.62. The molecule has 5 nitrogen and oxygen atoms in total. The molecule has 2 atom stereocenters. The molecule has 0 amide bonds. The highest BCUT2D eigenvalue weighted by Crippen LogP contribution is 2.41. The summed E-state index contributed by atoms with van der Waals surface area (Å²) in [5.41, 5.74) is 0.0615. The van der Waals surface area contributed by atoms with E-state index in [9.17, 15) is 5.11 Å². The van der Waals surface area contributed by atoms with E-state index in [2.05, 4.69) is 21.8 Å². The van der Waals surface area contributed by atoms with Crippen LogP contribution < -0.4 is 0 Å². The van der Waals surface area contributed by atoms with Gasteiger partial charge >= 0.3 is 0 Å². The van der Waals surface area contributed by atoms with Crippen LogP contribution in [0.2, 0.25) is 5.02 Å². The van der Waals surface area contributed by atoms with Gasteiger partial charge in [-0.05, 0) is 45.3 Å². The third-order valence-corrected chi connectivity index (χ3v) is 6.08. The average Bonchev–Trinajstić information content (AvgIpc) is 3.03. The van der Waals surface area contributed by atoms with Crippen LogP contribution in [0, 0.1) is 5.41 Å². The number of aliphatic hydroxyl groups is 1. The molecule has 1 aromatic heterocycles. The molecule has 0 aliphatic carbocycles. The Morgan fingerprint density at radius 2 is 2.21 bits per heavy atom. The molecule has 2 aliphatic rings. The van der Waals surface area contributed by atoms with Crippen molar-refractivity contribution < 1.29 is 5.11 Å². The summed E-state index contributed by atoms with van der Waals surface area (Å²) in [5.74, 6) is 0. The summed E-state index contributed by atoms with van der Waals surface area (Å²) in [4.78, 5) is 5.17. The number of hydrogen-bond acceptors (Lipinski definition) is 4. The van der Waals surface area contributed by atoms with Crippen molar-refractivity contribution in [1.29, 1.82) is 0 Å². The predicted molar refractivity (Wildman–Crippen MR) is 97.3 cm³/mol. The van der Waals surface area contributed by atoms with E-state index in [1.165, 1.54) is 32.2 Å². The summed E-state index contributed by atoms with van der Waals surface area (Å²) >= 11 is 5.96. The molecule has 0 spiro atoms. The van der Waals surface area contributed by atoms with Gasteiger partial charge in [0.15, 0.2) is 0 Å². The molecule has 136 valence electrons. The van der Waals surface area contributed by atoms with Crippen molar-refractivity contribution in [3.63, 3.8) is 0 Å². The summed E-state index contributed by atoms with van der Waals surface area (Å²) in [6, 6.07) is 0.500. The second kappa shape index (κ2) is 8.17. The third-order valence-electron chi connectivity index (χ3n) is 5.89. The second-order valence-electron chi connectivity index (χ2n) is 7.52. The van der Waals surface area contributed by atoms with Gasteiger partial charge < -0.3 is 10.0 Å². The Hall–Kier alpha value is -0.620. The van der Waals surface area contributed by atoms with Crippen LogP contribution in [0.1, 0.15) is 39.0 Å². The van der Waals surface area contributed by atoms with Crippen molar-refractivity contribution in [3.8, 4) is 0 Å². The zero-order chi connectivity index (χ0) is 17.0. The lowest BCUT2D eigenvalue weighted by molar-refractivity contribution is -0.0794. The Morgan fingerprint density at radius 3 is 2.92 bits per heavy atom. The lowest BCUT2D eigenvalue weighted by Gasteiger charge is -2.54. The van der Waals surface area contributed by atoms with Crippen molar-refractivity contribution >= 4 is 11.6 Å². The van der Waals surface area contributed by atoms with E-state index in [1.807, 2.05) is 10.9 Å². The number of unbranched alkanes of at least 4 members (excludes halogenated alkanes) is 1. The molecule has 2 aliphatic heterocycles. The first kappa shape index (κ1) is 18.2. The number of halogens is 1. The molecule has 3 rings (SSSR count). The monoisotopic (exact) mass is 354 g/mol. The first-order valence-electron chi connectivity index (χ1n) is 9.42. The molecule has 1 aromatic rings. The van der Waals surface area contributed by atoms with E-state index in [-0.39, 0.29) is 5.41 Å². The Labute approximate surface area is 150 Å². The Kier molecular flexibility index (Phi) is 6.19. The average molecular weight is 355 g/mol. The highest BCUT2D eigenvalue weighted by atomic mass is 35.5. The van der Waals surface area contributed by atoms with Gasteiger partial charge in [0.2, 0.25) is 0 Å². The van der Waals surface area contributed by atoms with Gasteiger partial charge in [-0.3, -0.25) is 9.58 Å². The van der Waals surface area contributed by atoms with Crippen molar-refractivity contribution in [2.75, 3.05) is 39.3 Å². The minimum atomic E-state index is 0.0615. The molecule has 0 unspecified atom stereocenters. The van der Waals surface area contributed by atoms with E-state index in [0.29, 0.717) is 17.7 Å². The fourth-order valence-electron chi connectivity index (χ4n) is 4.61. The fraction of sp³-hybridized carbons (Fsp3) is 0.833. The molecule has 0 saturated carbocycles. The molecule has 0 aromatic carbocycles. The largest absolute Gasteiger partial charge is 0.396 e. The lowest BCUT2D eigenvalue weighted by atomic mass is 9.69. The van der Waals surface area contributed by atoms with E-state index >= 15 is 0 Å². The molecule has 2 fully saturated rings. The van der Waals surface area contributed by atoms with Gasteiger partial charge in [0, 0.05) is 30.7 Å². The molecule has 3 heterocycles. The Bertz CT molecular complexity index is 523. The molecule has 24 heavy (non-hydrogen) atoms. The molecular weight excluding hydrogens is 324 g/mol. The molecular formula is C18H31ClN4O. The first-order valence-corrected chi connectivity index (χ1v) is 9.80. The van der Waals surface area contributed by atoms with Gasteiger partial charge in [0.05, 0.1) is 24.4 Å². The van der Waals surface area contributed by atoms with Crippen molar-refractivity contribution in [3.05, 3.63) is 17.4 Å². The van der Waals surface area contributed by atoms with E-state index in [0.717, 1.165) is 39.1 Å². The van der Waals surface area contributed by atoms with Gasteiger partial charge in [-0.2, -0.15) is 5.10 Å². The topological polar surface area (TPSA) is 44.5 Å². The maximum atomic E-state index is 10.2. The summed E-state index contributed by atoms with van der Waals surface area (Å²) in [5, 5.41) is 15.2. The Morgan fingerprint density at radius 1 is 1.33 bits per heavy atom. The Balaban J connectivity index is 1.63. The number of aliphatic hydroxyl groups excluding tert-OH is 1. The van der Waals surface area contributed by atoms with E-state index < -0.39 is 0 Å². The number of aromatic nitrogens is 2. The highest BCUT2D eigenvalue weighted by molar-refractivity contribution is 6.30. The van der Waals surface area contributed by atoms with Crippen LogP contribution in [0.25, 0.3) is 0 Å². The van der Waals surface area contributed by atoms with Gasteiger partial charge in [-0.1, -0.05) is 24.9 Å². The van der Waals surface area contributed by atoms with E-state index in [1.54, 1.807) is 6.20 Å². The minimum Gasteiger partial charge on any atom is -0.396 e. The van der Waals surface area contributed by atoms with Crippen LogP contribution in [-0.4, -0.2) is 70.1 Å². The zero-order valence-corrected chi connectivity index (χ0v) is 15.6. The molecule has 1 N–H and O–H groups in total. The maximum absolute atomic E-state index is 10.2. The fourth-order valence-corrected chi connectivity index (χ4v) is 4.77. The second-order valence-corrected chi connectivity index (χ2v) is 7.95. The SMILES string of the molecule is CCCCN1CC[C@H]2N(CCn3cc(Cl)cn3)CCC[C@]2(CO)C1. The number of likely N-dealkylation sites (tertiary alicyclic amines) is 2. The van der Waals surface area contributed by atoms with Crippen LogP contribution >= 0.6 is 11.6 Å². The molecule has 0 bridgehead atoms. The predicted octanol–water partition coefficient (Wildman–Crippen LogP) is 2.49. The van der Waals surface area contributed by atoms with Gasteiger partial charge in [-0.15, -0.1) is 0 Å². The highest BCUT2D eigenvalue weighted by Gasteiger charge is 2.47. The number of fused-ring (bicyclic) bond motifs is 1. The number of hydrogen-bond donors (Lipinski definition) is 1. The van der Waals surface area contributed by atoms with Crippen molar-refractivity contribution in [1.82, 2.24) is 19.6 Å². The van der Waals surface area contributed by atoms with Crippen LogP contribution in [-0.2, 0) is 6.54 Å².